The molecule has 0 aromatic carbocycles. The van der Waals surface area contributed by atoms with E-state index in [9.17, 15) is 8.78 Å². The second-order valence-electron chi connectivity index (χ2n) is 5.62. The molecular formula is C15H22F2N2. The fourth-order valence-corrected chi connectivity index (χ4v) is 2.81. The lowest BCUT2D eigenvalue weighted by atomic mass is 9.80. The van der Waals surface area contributed by atoms with Crippen LogP contribution in [0.2, 0.25) is 0 Å². The van der Waals surface area contributed by atoms with Crippen LogP contribution in [0.4, 0.5) is 8.78 Å². The van der Waals surface area contributed by atoms with Gasteiger partial charge in [-0.1, -0.05) is 6.07 Å². The molecule has 1 aromatic heterocycles. The molecule has 2 nitrogen and oxygen atoms in total. The first-order valence-corrected chi connectivity index (χ1v) is 6.97. The first kappa shape index (κ1) is 14.4. The van der Waals surface area contributed by atoms with Crippen LogP contribution in [0.5, 0.6) is 0 Å². The molecule has 1 unspecified atom stereocenters. The lowest BCUT2D eigenvalue weighted by Gasteiger charge is -2.33. The lowest BCUT2D eigenvalue weighted by Crippen LogP contribution is -2.39. The maximum absolute atomic E-state index is 13.2. The highest BCUT2D eigenvalue weighted by molar-refractivity contribution is 5.13. The Bertz CT molecular complexity index is 393. The molecule has 1 fully saturated rings. The van der Waals surface area contributed by atoms with E-state index in [-0.39, 0.29) is 18.9 Å². The van der Waals surface area contributed by atoms with Gasteiger partial charge in [0.15, 0.2) is 0 Å². The van der Waals surface area contributed by atoms with Gasteiger partial charge >= 0.3 is 0 Å². The van der Waals surface area contributed by atoms with Crippen LogP contribution < -0.4 is 5.32 Å². The van der Waals surface area contributed by atoms with Crippen molar-refractivity contribution in [2.24, 2.45) is 5.92 Å². The summed E-state index contributed by atoms with van der Waals surface area (Å²) in [4.78, 5) is 4.40. The van der Waals surface area contributed by atoms with E-state index in [1.807, 2.05) is 32.3 Å². The molecule has 4 heteroatoms. The highest BCUT2D eigenvalue weighted by Gasteiger charge is 2.37. The van der Waals surface area contributed by atoms with Crippen LogP contribution in [-0.4, -0.2) is 24.0 Å². The molecule has 1 aromatic rings. The van der Waals surface area contributed by atoms with E-state index in [2.05, 4.69) is 10.3 Å². The quantitative estimate of drug-likeness (QED) is 0.906. The summed E-state index contributed by atoms with van der Waals surface area (Å²) in [5, 5.41) is 3.28. The Morgan fingerprint density at radius 1 is 1.37 bits per heavy atom. The molecule has 0 spiro atoms. The Morgan fingerprint density at radius 2 is 2.05 bits per heavy atom. The first-order valence-electron chi connectivity index (χ1n) is 6.97. The summed E-state index contributed by atoms with van der Waals surface area (Å²) in [6.07, 6.45) is 3.92. The molecule has 1 aliphatic carbocycles. The molecule has 1 heterocycles. The molecule has 1 N–H and O–H groups in total. The molecule has 19 heavy (non-hydrogen) atoms. The van der Waals surface area contributed by atoms with Gasteiger partial charge in [0, 0.05) is 37.2 Å². The average molecular weight is 268 g/mol. The van der Waals surface area contributed by atoms with Crippen molar-refractivity contribution in [2.45, 2.75) is 51.0 Å². The number of alkyl halides is 2. The third-order valence-electron chi connectivity index (χ3n) is 4.10. The number of pyridine rings is 1. The molecule has 2 rings (SSSR count). The minimum absolute atomic E-state index is 0.0250. The fourth-order valence-electron chi connectivity index (χ4n) is 2.81. The molecule has 0 amide bonds. The maximum Gasteiger partial charge on any atom is 0.248 e. The van der Waals surface area contributed by atoms with E-state index in [4.69, 9.17) is 0 Å². The van der Waals surface area contributed by atoms with Crippen LogP contribution in [0.15, 0.2) is 18.3 Å². The monoisotopic (exact) mass is 268 g/mol. The largest absolute Gasteiger partial charge is 0.316 e. The zero-order chi connectivity index (χ0) is 13.9. The summed E-state index contributed by atoms with van der Waals surface area (Å²) >= 11 is 0. The number of likely N-dealkylation sites (N-methyl/N-ethyl adjacent to an activating group) is 1. The number of hydrogen-bond acceptors (Lipinski definition) is 2. The second kappa shape index (κ2) is 5.95. The van der Waals surface area contributed by atoms with E-state index < -0.39 is 5.92 Å². The number of halogens is 2. The summed E-state index contributed by atoms with van der Waals surface area (Å²) in [5.74, 6) is -2.12. The van der Waals surface area contributed by atoms with Crippen molar-refractivity contribution in [3.8, 4) is 0 Å². The Hall–Kier alpha value is -1.03. The van der Waals surface area contributed by atoms with Crippen LogP contribution >= 0.6 is 0 Å². The minimum atomic E-state index is -2.45. The molecule has 106 valence electrons. The van der Waals surface area contributed by atoms with Crippen molar-refractivity contribution >= 4 is 0 Å². The van der Waals surface area contributed by atoms with Crippen LogP contribution in [-0.2, 0) is 6.42 Å². The van der Waals surface area contributed by atoms with Crippen LogP contribution in [0, 0.1) is 12.8 Å². The minimum Gasteiger partial charge on any atom is -0.316 e. The second-order valence-corrected chi connectivity index (χ2v) is 5.62. The number of aromatic nitrogens is 1. The van der Waals surface area contributed by atoms with E-state index in [1.165, 1.54) is 0 Å². The Kier molecular flexibility index (Phi) is 4.50. The Morgan fingerprint density at radius 3 is 2.58 bits per heavy atom. The summed E-state index contributed by atoms with van der Waals surface area (Å²) in [7, 11) is 1.91. The van der Waals surface area contributed by atoms with Crippen molar-refractivity contribution in [1.82, 2.24) is 10.3 Å². The Balaban J connectivity index is 1.95. The molecule has 0 saturated heterocycles. The topological polar surface area (TPSA) is 24.9 Å². The van der Waals surface area contributed by atoms with E-state index in [0.717, 1.165) is 17.7 Å². The lowest BCUT2D eigenvalue weighted by molar-refractivity contribution is -0.0493. The number of nitrogens with one attached hydrogen (secondary N) is 1. The van der Waals surface area contributed by atoms with Gasteiger partial charge in [-0.25, -0.2) is 8.78 Å². The van der Waals surface area contributed by atoms with Gasteiger partial charge in [-0.3, -0.25) is 4.98 Å². The zero-order valence-corrected chi connectivity index (χ0v) is 11.6. The van der Waals surface area contributed by atoms with Crippen molar-refractivity contribution in [1.29, 1.82) is 0 Å². The summed E-state index contributed by atoms with van der Waals surface area (Å²) in [6, 6.07) is 4.31. The van der Waals surface area contributed by atoms with Gasteiger partial charge in [-0.05, 0) is 44.4 Å². The van der Waals surface area contributed by atoms with Crippen LogP contribution in [0.25, 0.3) is 0 Å². The Labute approximate surface area is 113 Å². The van der Waals surface area contributed by atoms with E-state index >= 15 is 0 Å². The highest BCUT2D eigenvalue weighted by atomic mass is 19.3. The summed E-state index contributed by atoms with van der Waals surface area (Å²) < 4.78 is 26.4. The average Bonchev–Trinajstić information content (AvgIpc) is 2.39. The third-order valence-corrected chi connectivity index (χ3v) is 4.10. The maximum atomic E-state index is 13.2. The molecule has 0 radical (unpaired) electrons. The molecule has 1 atom stereocenters. The molecule has 1 aliphatic rings. The smallest absolute Gasteiger partial charge is 0.248 e. The van der Waals surface area contributed by atoms with Crippen molar-refractivity contribution in [2.75, 3.05) is 7.05 Å². The van der Waals surface area contributed by atoms with Crippen molar-refractivity contribution < 1.29 is 8.78 Å². The summed E-state index contributed by atoms with van der Waals surface area (Å²) in [6.45, 7) is 2.01. The van der Waals surface area contributed by atoms with Crippen molar-refractivity contribution in [3.63, 3.8) is 0 Å². The van der Waals surface area contributed by atoms with Gasteiger partial charge in [-0.15, -0.1) is 0 Å². The number of nitrogens with zero attached hydrogens (tertiary/aromatic N) is 1. The van der Waals surface area contributed by atoms with Gasteiger partial charge in [0.1, 0.15) is 0 Å². The number of hydrogen-bond donors (Lipinski definition) is 1. The molecule has 0 bridgehead atoms. The standard InChI is InChI=1S/C15H22F2N2/c1-11-3-4-13(19-10-11)9-14(18-2)12-5-7-15(16,17)8-6-12/h3-4,10,12,14,18H,5-9H2,1-2H3. The van der Waals surface area contributed by atoms with Gasteiger partial charge < -0.3 is 5.32 Å². The molecule has 0 aliphatic heterocycles. The van der Waals surface area contributed by atoms with Gasteiger partial charge in [0.05, 0.1) is 0 Å². The van der Waals surface area contributed by atoms with Gasteiger partial charge in [0.25, 0.3) is 0 Å². The van der Waals surface area contributed by atoms with Crippen LogP contribution in [0.1, 0.15) is 36.9 Å². The predicted molar refractivity (Wildman–Crippen MR) is 72.4 cm³/mol. The van der Waals surface area contributed by atoms with Crippen molar-refractivity contribution in [3.05, 3.63) is 29.6 Å². The third kappa shape index (κ3) is 3.96. The van der Waals surface area contributed by atoms with Gasteiger partial charge in [-0.2, -0.15) is 0 Å². The fraction of sp³-hybridized carbons (Fsp3) is 0.667. The normalized spacial score (nSPS) is 21.3. The van der Waals surface area contributed by atoms with Gasteiger partial charge in [0.2, 0.25) is 5.92 Å². The van der Waals surface area contributed by atoms with Crippen LogP contribution in [0.3, 0.4) is 0 Å². The van der Waals surface area contributed by atoms with E-state index in [1.54, 1.807) is 0 Å². The zero-order valence-electron chi connectivity index (χ0n) is 11.6. The first-order chi connectivity index (χ1) is 9.00. The number of rotatable bonds is 4. The predicted octanol–water partition coefficient (Wildman–Crippen LogP) is 3.35. The summed E-state index contributed by atoms with van der Waals surface area (Å²) in [5.41, 5.74) is 2.17. The van der Waals surface area contributed by atoms with E-state index in [0.29, 0.717) is 18.8 Å². The number of aryl methyl sites for hydroxylation is 1. The SMILES string of the molecule is CNC(Cc1ccc(C)cn1)C1CCC(F)(F)CC1. The highest BCUT2D eigenvalue weighted by Crippen LogP contribution is 2.37. The molecule has 1 saturated carbocycles. The molecular weight excluding hydrogens is 246 g/mol.